The van der Waals surface area contributed by atoms with Crippen molar-refractivity contribution in [1.29, 1.82) is 0 Å². The molecule has 11 heteroatoms. The van der Waals surface area contributed by atoms with E-state index in [1.807, 2.05) is 0 Å². The monoisotopic (exact) mass is 441 g/mol. The third-order valence-corrected chi connectivity index (χ3v) is 7.34. The smallest absolute Gasteiger partial charge is 0.251 e. The quantitative estimate of drug-likeness (QED) is 0.650. The first-order chi connectivity index (χ1) is 13.5. The maximum Gasteiger partial charge on any atom is 0.251 e. The van der Waals surface area contributed by atoms with Crippen LogP contribution in [0, 0.1) is 0 Å². The molecule has 0 saturated heterocycles. The number of anilines is 1. The molecule has 0 aliphatic heterocycles. The number of pyridine rings is 1. The molecule has 29 heavy (non-hydrogen) atoms. The summed E-state index contributed by atoms with van der Waals surface area (Å²) in [6.45, 7) is 3.58. The second-order valence-electron chi connectivity index (χ2n) is 6.26. The highest BCUT2D eigenvalue weighted by Gasteiger charge is 2.22. The fourth-order valence-electron chi connectivity index (χ4n) is 2.64. The lowest BCUT2D eigenvalue weighted by atomic mass is 10.3. The first-order valence-electron chi connectivity index (χ1n) is 8.79. The molecule has 0 spiro atoms. The molecule has 9 nitrogen and oxygen atoms in total. The van der Waals surface area contributed by atoms with Gasteiger partial charge >= 0.3 is 0 Å². The van der Waals surface area contributed by atoms with Crippen LogP contribution in [0.3, 0.4) is 0 Å². The molecule has 1 heterocycles. The van der Waals surface area contributed by atoms with Crippen molar-refractivity contribution >= 4 is 31.5 Å². The topological polar surface area (TPSA) is 123 Å². The van der Waals surface area contributed by atoms with E-state index in [4.69, 9.17) is 0 Å². The summed E-state index contributed by atoms with van der Waals surface area (Å²) in [4.78, 5) is 24.4. The predicted octanol–water partition coefficient (Wildman–Crippen LogP) is 0.921. The van der Waals surface area contributed by atoms with E-state index < -0.39 is 37.9 Å². The molecule has 1 amide bonds. The predicted molar refractivity (Wildman–Crippen MR) is 109 cm³/mol. The maximum atomic E-state index is 12.6. The largest absolute Gasteiger partial charge is 0.325 e. The molecule has 0 atom stereocenters. The summed E-state index contributed by atoms with van der Waals surface area (Å²) < 4.78 is 50.4. The average Bonchev–Trinajstić information content (AvgIpc) is 2.63. The van der Waals surface area contributed by atoms with Gasteiger partial charge in [-0.1, -0.05) is 13.8 Å². The van der Waals surface area contributed by atoms with E-state index >= 15 is 0 Å². The summed E-state index contributed by atoms with van der Waals surface area (Å²) in [7, 11) is -7.12. The Labute approximate surface area is 169 Å². The highest BCUT2D eigenvalue weighted by atomic mass is 32.2. The molecular weight excluding hydrogens is 418 g/mol. The van der Waals surface area contributed by atoms with Crippen molar-refractivity contribution < 1.29 is 21.6 Å². The molecular formula is C18H23N3O6S2. The molecule has 0 bridgehead atoms. The van der Waals surface area contributed by atoms with Crippen molar-refractivity contribution in [3.05, 3.63) is 52.9 Å². The fraction of sp³-hybridized carbons (Fsp3) is 0.333. The van der Waals surface area contributed by atoms with Crippen LogP contribution in [0.1, 0.15) is 13.8 Å². The van der Waals surface area contributed by atoms with Gasteiger partial charge in [0, 0.05) is 37.3 Å². The molecule has 1 N–H and O–H groups in total. The number of rotatable bonds is 8. The van der Waals surface area contributed by atoms with Gasteiger partial charge < -0.3 is 9.88 Å². The van der Waals surface area contributed by atoms with E-state index in [1.165, 1.54) is 34.6 Å². The Morgan fingerprint density at radius 3 is 2.03 bits per heavy atom. The van der Waals surface area contributed by atoms with Gasteiger partial charge in [0.1, 0.15) is 6.54 Å². The first kappa shape index (κ1) is 22.8. The highest BCUT2D eigenvalue weighted by molar-refractivity contribution is 7.90. The third-order valence-electron chi connectivity index (χ3n) is 4.18. The molecule has 0 aliphatic rings. The number of nitrogens with zero attached hydrogens (tertiary/aromatic N) is 2. The fourth-order valence-corrected chi connectivity index (χ4v) is 4.75. The molecule has 0 unspecified atom stereocenters. The van der Waals surface area contributed by atoms with Crippen molar-refractivity contribution in [2.45, 2.75) is 30.2 Å². The molecule has 158 valence electrons. The minimum atomic E-state index is -3.77. The van der Waals surface area contributed by atoms with Crippen LogP contribution >= 0.6 is 0 Å². The number of carbonyl (C=O) groups excluding carboxylic acids is 1. The Morgan fingerprint density at radius 1 is 0.966 bits per heavy atom. The van der Waals surface area contributed by atoms with Crippen molar-refractivity contribution in [2.24, 2.45) is 0 Å². The average molecular weight is 442 g/mol. The summed E-state index contributed by atoms with van der Waals surface area (Å²) in [6, 6.07) is 7.89. The molecule has 1 aromatic carbocycles. The molecule has 2 rings (SSSR count). The summed E-state index contributed by atoms with van der Waals surface area (Å²) in [5.74, 6) is -0.559. The standard InChI is InChI=1S/C18H23N3O6S2/c1-4-21(5-2)29(26,27)16-10-11-18(23)20(12-16)13-17(22)19-14-6-8-15(9-7-14)28(3,24)25/h6-12H,4-5,13H2,1-3H3,(H,19,22). The SMILES string of the molecule is CCN(CC)S(=O)(=O)c1ccc(=O)n(CC(=O)Nc2ccc(S(C)(=O)=O)cc2)c1. The molecule has 0 aliphatic carbocycles. The van der Waals surface area contributed by atoms with Crippen molar-refractivity contribution in [1.82, 2.24) is 8.87 Å². The second kappa shape index (κ2) is 8.89. The Bertz CT molecular complexity index is 1150. The van der Waals surface area contributed by atoms with Gasteiger partial charge in [0.15, 0.2) is 9.84 Å². The van der Waals surface area contributed by atoms with Gasteiger partial charge in [0.25, 0.3) is 5.56 Å². The first-order valence-corrected chi connectivity index (χ1v) is 12.1. The zero-order chi connectivity index (χ0) is 21.8. The van der Waals surface area contributed by atoms with Gasteiger partial charge in [-0.2, -0.15) is 4.31 Å². The minimum Gasteiger partial charge on any atom is -0.325 e. The summed E-state index contributed by atoms with van der Waals surface area (Å²) in [5, 5.41) is 2.55. The highest BCUT2D eigenvalue weighted by Crippen LogP contribution is 2.15. The van der Waals surface area contributed by atoms with E-state index in [0.717, 1.165) is 23.1 Å². The van der Waals surface area contributed by atoms with E-state index in [0.29, 0.717) is 5.69 Å². The van der Waals surface area contributed by atoms with Crippen LogP contribution in [-0.2, 0) is 31.2 Å². The molecule has 0 fully saturated rings. The number of hydrogen-bond acceptors (Lipinski definition) is 6. The van der Waals surface area contributed by atoms with Gasteiger partial charge in [-0.15, -0.1) is 0 Å². The number of nitrogens with one attached hydrogen (secondary N) is 1. The van der Waals surface area contributed by atoms with Crippen LogP contribution in [0.15, 0.2) is 57.2 Å². The number of hydrogen-bond donors (Lipinski definition) is 1. The van der Waals surface area contributed by atoms with Crippen LogP contribution in [0.2, 0.25) is 0 Å². The van der Waals surface area contributed by atoms with Crippen LogP contribution in [0.4, 0.5) is 5.69 Å². The Hall–Kier alpha value is -2.50. The number of sulfonamides is 1. The summed E-state index contributed by atoms with van der Waals surface area (Å²) in [5.41, 5.74) is -0.173. The minimum absolute atomic E-state index is 0.0777. The maximum absolute atomic E-state index is 12.6. The van der Waals surface area contributed by atoms with Gasteiger partial charge in [0.05, 0.1) is 9.79 Å². The third kappa shape index (κ3) is 5.52. The molecule has 1 aromatic heterocycles. The van der Waals surface area contributed by atoms with Crippen molar-refractivity contribution in [3.8, 4) is 0 Å². The molecule has 2 aromatic rings. The van der Waals surface area contributed by atoms with E-state index in [2.05, 4.69) is 5.32 Å². The summed E-state index contributed by atoms with van der Waals surface area (Å²) in [6.07, 6.45) is 2.22. The molecule has 0 saturated carbocycles. The Kier molecular flexibility index (Phi) is 6.98. The summed E-state index contributed by atoms with van der Waals surface area (Å²) >= 11 is 0. The lowest BCUT2D eigenvalue weighted by molar-refractivity contribution is -0.116. The van der Waals surface area contributed by atoms with Gasteiger partial charge in [-0.3, -0.25) is 9.59 Å². The number of aromatic nitrogens is 1. The van der Waals surface area contributed by atoms with Crippen LogP contribution in [-0.4, -0.2) is 51.0 Å². The Morgan fingerprint density at radius 2 is 1.52 bits per heavy atom. The van der Waals surface area contributed by atoms with Crippen LogP contribution in [0.5, 0.6) is 0 Å². The zero-order valence-corrected chi connectivity index (χ0v) is 18.0. The number of amides is 1. The van der Waals surface area contributed by atoms with Crippen molar-refractivity contribution in [2.75, 3.05) is 24.7 Å². The Balaban J connectivity index is 2.21. The van der Waals surface area contributed by atoms with E-state index in [9.17, 15) is 26.4 Å². The van der Waals surface area contributed by atoms with Gasteiger partial charge in [-0.25, -0.2) is 16.8 Å². The number of carbonyl (C=O) groups is 1. The van der Waals surface area contributed by atoms with Gasteiger partial charge in [0.2, 0.25) is 15.9 Å². The number of benzene rings is 1. The van der Waals surface area contributed by atoms with E-state index in [-0.39, 0.29) is 22.9 Å². The van der Waals surface area contributed by atoms with Crippen molar-refractivity contribution in [3.63, 3.8) is 0 Å². The van der Waals surface area contributed by atoms with Crippen LogP contribution < -0.4 is 10.9 Å². The lowest BCUT2D eigenvalue weighted by Crippen LogP contribution is -2.33. The molecule has 0 radical (unpaired) electrons. The van der Waals surface area contributed by atoms with Crippen LogP contribution in [0.25, 0.3) is 0 Å². The number of sulfone groups is 1. The van der Waals surface area contributed by atoms with E-state index in [1.54, 1.807) is 13.8 Å². The lowest BCUT2D eigenvalue weighted by Gasteiger charge is -2.19. The normalized spacial score (nSPS) is 12.1. The second-order valence-corrected chi connectivity index (χ2v) is 10.2. The van der Waals surface area contributed by atoms with Gasteiger partial charge in [-0.05, 0) is 30.3 Å². The zero-order valence-electron chi connectivity index (χ0n) is 16.3.